The van der Waals surface area contributed by atoms with Crippen molar-refractivity contribution in [3.8, 4) is 0 Å². The Bertz CT molecular complexity index is 546. The van der Waals surface area contributed by atoms with Gasteiger partial charge in [-0.15, -0.1) is 22.7 Å². The number of nitrogen functional groups attached to an aromatic ring is 1. The van der Waals surface area contributed by atoms with E-state index in [1.54, 1.807) is 25.4 Å². The van der Waals surface area contributed by atoms with Gasteiger partial charge in [-0.3, -0.25) is 4.79 Å². The molecule has 1 amide bonds. The summed E-state index contributed by atoms with van der Waals surface area (Å²) in [6, 6.07) is 6.00. The van der Waals surface area contributed by atoms with Crippen molar-refractivity contribution < 1.29 is 4.79 Å². The SMILES string of the molecule is CN(C)C(=O)c1sc(NCCc2cccs2)cc1N. The minimum absolute atomic E-state index is 0.0474. The van der Waals surface area contributed by atoms with Gasteiger partial charge in [-0.25, -0.2) is 0 Å². The number of hydrogen-bond acceptors (Lipinski definition) is 5. The molecule has 0 atom stereocenters. The Morgan fingerprint density at radius 3 is 2.89 bits per heavy atom. The number of carbonyl (C=O) groups is 1. The van der Waals surface area contributed by atoms with Gasteiger partial charge in [0.25, 0.3) is 5.91 Å². The number of nitrogens with two attached hydrogens (primary N) is 1. The highest BCUT2D eigenvalue weighted by atomic mass is 32.1. The maximum absolute atomic E-state index is 11.9. The molecule has 2 heterocycles. The van der Waals surface area contributed by atoms with E-state index in [1.165, 1.54) is 21.1 Å². The fourth-order valence-electron chi connectivity index (χ4n) is 1.63. The summed E-state index contributed by atoms with van der Waals surface area (Å²) in [5, 5.41) is 6.33. The van der Waals surface area contributed by atoms with Gasteiger partial charge in [-0.1, -0.05) is 6.07 Å². The van der Waals surface area contributed by atoms with Crippen molar-refractivity contribution in [3.05, 3.63) is 33.3 Å². The lowest BCUT2D eigenvalue weighted by molar-refractivity contribution is 0.0833. The molecule has 102 valence electrons. The van der Waals surface area contributed by atoms with Crippen molar-refractivity contribution in [2.24, 2.45) is 0 Å². The molecular formula is C13H17N3OS2. The first-order valence-electron chi connectivity index (χ1n) is 5.95. The van der Waals surface area contributed by atoms with Crippen LogP contribution in [0.25, 0.3) is 0 Å². The Balaban J connectivity index is 1.94. The molecule has 0 saturated heterocycles. The average molecular weight is 295 g/mol. The van der Waals surface area contributed by atoms with E-state index >= 15 is 0 Å². The molecule has 4 nitrogen and oxygen atoms in total. The van der Waals surface area contributed by atoms with Crippen LogP contribution in [0, 0.1) is 0 Å². The standard InChI is InChI=1S/C13H17N3OS2/c1-16(2)13(17)12-10(14)8-11(19-12)15-6-5-9-4-3-7-18-9/h3-4,7-8,15H,5-6,14H2,1-2H3. The third-order valence-corrected chi connectivity index (χ3v) is 4.64. The molecule has 0 aliphatic rings. The number of nitrogens with zero attached hydrogens (tertiary/aromatic N) is 1. The van der Waals surface area contributed by atoms with Crippen molar-refractivity contribution in [2.75, 3.05) is 31.7 Å². The lowest BCUT2D eigenvalue weighted by Crippen LogP contribution is -2.21. The molecule has 0 spiro atoms. The largest absolute Gasteiger partial charge is 0.397 e. The van der Waals surface area contributed by atoms with E-state index in [9.17, 15) is 4.79 Å². The van der Waals surface area contributed by atoms with Crippen LogP contribution in [0.2, 0.25) is 0 Å². The first-order chi connectivity index (χ1) is 9.08. The van der Waals surface area contributed by atoms with Crippen LogP contribution in [0.3, 0.4) is 0 Å². The van der Waals surface area contributed by atoms with Crippen molar-refractivity contribution in [3.63, 3.8) is 0 Å². The minimum Gasteiger partial charge on any atom is -0.397 e. The molecule has 0 aliphatic heterocycles. The summed E-state index contributed by atoms with van der Waals surface area (Å²) in [5.41, 5.74) is 6.42. The average Bonchev–Trinajstić information content (AvgIpc) is 2.98. The molecule has 2 rings (SSSR count). The van der Waals surface area contributed by atoms with E-state index < -0.39 is 0 Å². The fraction of sp³-hybridized carbons (Fsp3) is 0.308. The second-order valence-electron chi connectivity index (χ2n) is 4.35. The zero-order chi connectivity index (χ0) is 13.8. The van der Waals surface area contributed by atoms with Crippen LogP contribution >= 0.6 is 22.7 Å². The first-order valence-corrected chi connectivity index (χ1v) is 7.64. The molecule has 3 N–H and O–H groups in total. The number of amides is 1. The molecule has 0 unspecified atom stereocenters. The Labute approximate surface area is 120 Å². The number of thiophene rings is 2. The van der Waals surface area contributed by atoms with Gasteiger partial charge in [-0.05, 0) is 23.9 Å². The normalized spacial score (nSPS) is 10.4. The molecule has 2 aromatic heterocycles. The second-order valence-corrected chi connectivity index (χ2v) is 6.44. The van der Waals surface area contributed by atoms with Gasteiger partial charge in [0.15, 0.2) is 0 Å². The smallest absolute Gasteiger partial charge is 0.265 e. The van der Waals surface area contributed by atoms with Crippen molar-refractivity contribution >= 4 is 39.3 Å². The van der Waals surface area contributed by atoms with E-state index in [1.807, 2.05) is 6.07 Å². The fourth-order valence-corrected chi connectivity index (χ4v) is 3.36. The van der Waals surface area contributed by atoms with Gasteiger partial charge in [0, 0.05) is 25.5 Å². The topological polar surface area (TPSA) is 58.4 Å². The van der Waals surface area contributed by atoms with Crippen molar-refractivity contribution in [1.82, 2.24) is 4.90 Å². The minimum atomic E-state index is -0.0474. The first kappa shape index (κ1) is 13.9. The molecule has 0 bridgehead atoms. The quantitative estimate of drug-likeness (QED) is 0.891. The van der Waals surface area contributed by atoms with E-state index in [0.29, 0.717) is 10.6 Å². The highest BCUT2D eigenvalue weighted by molar-refractivity contribution is 7.18. The summed E-state index contributed by atoms with van der Waals surface area (Å²) >= 11 is 3.16. The van der Waals surface area contributed by atoms with Gasteiger partial charge in [0.05, 0.1) is 10.7 Å². The Kier molecular flexibility index (Phi) is 4.44. The van der Waals surface area contributed by atoms with Crippen molar-refractivity contribution in [1.29, 1.82) is 0 Å². The van der Waals surface area contributed by atoms with E-state index in [0.717, 1.165) is 18.0 Å². The van der Waals surface area contributed by atoms with Gasteiger partial charge in [-0.2, -0.15) is 0 Å². The summed E-state index contributed by atoms with van der Waals surface area (Å²) in [6.45, 7) is 0.843. The van der Waals surface area contributed by atoms with Crippen LogP contribution in [0.1, 0.15) is 14.5 Å². The van der Waals surface area contributed by atoms with Crippen LogP contribution in [-0.4, -0.2) is 31.4 Å². The molecule has 0 aliphatic carbocycles. The third kappa shape index (κ3) is 3.48. The second kappa shape index (κ2) is 6.08. The monoisotopic (exact) mass is 295 g/mol. The van der Waals surface area contributed by atoms with Crippen LogP contribution in [0.4, 0.5) is 10.7 Å². The Morgan fingerprint density at radius 1 is 1.47 bits per heavy atom. The summed E-state index contributed by atoms with van der Waals surface area (Å²) < 4.78 is 0. The van der Waals surface area contributed by atoms with E-state index in [-0.39, 0.29) is 5.91 Å². The lowest BCUT2D eigenvalue weighted by atomic mass is 10.3. The summed E-state index contributed by atoms with van der Waals surface area (Å²) in [6.07, 6.45) is 0.979. The number of carbonyl (C=O) groups excluding carboxylic acids is 1. The van der Waals surface area contributed by atoms with Crippen LogP contribution < -0.4 is 11.1 Å². The maximum atomic E-state index is 11.9. The highest BCUT2D eigenvalue weighted by Gasteiger charge is 2.15. The molecule has 0 radical (unpaired) electrons. The molecule has 0 saturated carbocycles. The molecule has 6 heteroatoms. The van der Waals surface area contributed by atoms with Gasteiger partial charge >= 0.3 is 0 Å². The number of nitrogens with one attached hydrogen (secondary N) is 1. The van der Waals surface area contributed by atoms with Crippen LogP contribution in [0.15, 0.2) is 23.6 Å². The third-order valence-electron chi connectivity index (χ3n) is 2.61. The predicted octanol–water partition coefficient (Wildman–Crippen LogP) is 2.75. The van der Waals surface area contributed by atoms with Gasteiger partial charge in [0.2, 0.25) is 0 Å². The molecule has 2 aromatic rings. The molecular weight excluding hydrogens is 278 g/mol. The van der Waals surface area contributed by atoms with Crippen LogP contribution in [-0.2, 0) is 6.42 Å². The predicted molar refractivity (Wildman–Crippen MR) is 83.3 cm³/mol. The van der Waals surface area contributed by atoms with Crippen LogP contribution in [0.5, 0.6) is 0 Å². The summed E-state index contributed by atoms with van der Waals surface area (Å²) in [4.78, 5) is 15.4. The summed E-state index contributed by atoms with van der Waals surface area (Å²) in [5.74, 6) is -0.0474. The van der Waals surface area contributed by atoms with Crippen molar-refractivity contribution in [2.45, 2.75) is 6.42 Å². The highest BCUT2D eigenvalue weighted by Crippen LogP contribution is 2.29. The Hall–Kier alpha value is -1.53. The molecule has 0 aromatic carbocycles. The zero-order valence-corrected chi connectivity index (χ0v) is 12.6. The van der Waals surface area contributed by atoms with Gasteiger partial charge < -0.3 is 16.0 Å². The number of hydrogen-bond donors (Lipinski definition) is 2. The Morgan fingerprint density at radius 2 is 2.26 bits per heavy atom. The number of rotatable bonds is 5. The van der Waals surface area contributed by atoms with Gasteiger partial charge in [0.1, 0.15) is 4.88 Å². The zero-order valence-electron chi connectivity index (χ0n) is 11.0. The molecule has 0 fully saturated rings. The molecule has 19 heavy (non-hydrogen) atoms. The maximum Gasteiger partial charge on any atom is 0.265 e. The lowest BCUT2D eigenvalue weighted by Gasteiger charge is -2.08. The van der Waals surface area contributed by atoms with E-state index in [4.69, 9.17) is 5.73 Å². The number of anilines is 2. The summed E-state index contributed by atoms with van der Waals surface area (Å²) in [7, 11) is 3.46. The van der Waals surface area contributed by atoms with E-state index in [2.05, 4.69) is 22.8 Å².